The van der Waals surface area contributed by atoms with Gasteiger partial charge in [0.25, 0.3) is 0 Å². The fourth-order valence-electron chi connectivity index (χ4n) is 5.22. The highest BCUT2D eigenvalue weighted by Crippen LogP contribution is 2.43. The maximum absolute atomic E-state index is 10.0. The number of phenols is 1. The lowest BCUT2D eigenvalue weighted by atomic mass is 9.83. The first-order valence-electron chi connectivity index (χ1n) is 13.7. The molecule has 0 aromatic heterocycles. The Hall–Kier alpha value is -3.32. The van der Waals surface area contributed by atoms with Crippen LogP contribution in [0.5, 0.6) is 5.75 Å². The summed E-state index contributed by atoms with van der Waals surface area (Å²) in [4.78, 5) is 0. The Morgan fingerprint density at radius 1 is 0.556 bits per heavy atom. The van der Waals surface area contributed by atoms with Gasteiger partial charge < -0.3 is 5.11 Å². The molecule has 0 saturated heterocycles. The molecular weight excluding hydrogens is 436 g/mol. The maximum atomic E-state index is 10.0. The fourth-order valence-corrected chi connectivity index (χ4v) is 5.22. The van der Waals surface area contributed by atoms with Crippen molar-refractivity contribution in [2.45, 2.75) is 71.6 Å². The lowest BCUT2D eigenvalue weighted by Crippen LogP contribution is -1.98. The third-order valence-electron chi connectivity index (χ3n) is 7.14. The first-order valence-corrected chi connectivity index (χ1v) is 13.7. The van der Waals surface area contributed by atoms with Crippen LogP contribution in [0, 0.1) is 6.92 Å². The van der Waals surface area contributed by atoms with Crippen molar-refractivity contribution in [3.63, 3.8) is 0 Å². The van der Waals surface area contributed by atoms with Crippen LogP contribution < -0.4 is 0 Å². The number of aromatic hydroxyl groups is 1. The molecule has 1 nitrogen and oxygen atoms in total. The lowest BCUT2D eigenvalue weighted by Gasteiger charge is -2.21. The smallest absolute Gasteiger partial charge is 0.115 e. The second-order valence-electron chi connectivity index (χ2n) is 10.0. The van der Waals surface area contributed by atoms with Gasteiger partial charge in [-0.25, -0.2) is 0 Å². The molecule has 1 heteroatoms. The van der Waals surface area contributed by atoms with Crippen molar-refractivity contribution in [2.24, 2.45) is 0 Å². The molecule has 0 unspecified atom stereocenters. The Morgan fingerprint density at radius 2 is 1.22 bits per heavy atom. The van der Waals surface area contributed by atoms with E-state index in [9.17, 15) is 5.11 Å². The van der Waals surface area contributed by atoms with Crippen molar-refractivity contribution in [1.82, 2.24) is 0 Å². The predicted molar refractivity (Wildman–Crippen MR) is 155 cm³/mol. The molecule has 4 aromatic carbocycles. The summed E-state index contributed by atoms with van der Waals surface area (Å²) < 4.78 is 0. The quantitative estimate of drug-likeness (QED) is 0.202. The van der Waals surface area contributed by atoms with Crippen LogP contribution in [-0.2, 0) is 6.42 Å². The van der Waals surface area contributed by atoms with Crippen molar-refractivity contribution < 1.29 is 5.11 Å². The first-order chi connectivity index (χ1) is 17.7. The highest BCUT2D eigenvalue weighted by molar-refractivity contribution is 5.96. The largest absolute Gasteiger partial charge is 0.508 e. The second-order valence-corrected chi connectivity index (χ2v) is 10.0. The summed E-state index contributed by atoms with van der Waals surface area (Å²) in [5.41, 5.74) is 10.1. The molecule has 0 saturated carbocycles. The van der Waals surface area contributed by atoms with Gasteiger partial charge in [-0.2, -0.15) is 0 Å². The average Bonchev–Trinajstić information content (AvgIpc) is 2.91. The molecule has 0 aliphatic carbocycles. The summed E-state index contributed by atoms with van der Waals surface area (Å²) in [6, 6.07) is 32.0. The Bertz CT molecular complexity index is 1220. The zero-order valence-electron chi connectivity index (χ0n) is 22.0. The number of benzene rings is 4. The number of aryl methyl sites for hydroxylation is 2. The molecule has 0 atom stereocenters. The summed E-state index contributed by atoms with van der Waals surface area (Å²) >= 11 is 0. The van der Waals surface area contributed by atoms with Gasteiger partial charge in [0, 0.05) is 0 Å². The molecule has 0 aliphatic heterocycles. The van der Waals surface area contributed by atoms with Gasteiger partial charge in [0.05, 0.1) is 0 Å². The van der Waals surface area contributed by atoms with Gasteiger partial charge in [0.1, 0.15) is 5.75 Å². The topological polar surface area (TPSA) is 20.2 Å². The monoisotopic (exact) mass is 476 g/mol. The molecule has 4 aromatic rings. The third-order valence-corrected chi connectivity index (χ3v) is 7.14. The summed E-state index contributed by atoms with van der Waals surface area (Å²) in [6.07, 6.45) is 11.7. The number of hydrogen-bond acceptors (Lipinski definition) is 1. The maximum Gasteiger partial charge on any atom is 0.115 e. The summed E-state index contributed by atoms with van der Waals surface area (Å²) in [7, 11) is 0. The second kappa shape index (κ2) is 13.1. The van der Waals surface area contributed by atoms with Gasteiger partial charge in [-0.15, -0.1) is 0 Å². The highest BCUT2D eigenvalue weighted by atomic mass is 16.3. The SMILES string of the molecule is CCCCCCCCCCc1ccc(-c2ccccc2)c(-c2cccc(C)c2)c1-c1ccc(O)cc1. The van der Waals surface area contributed by atoms with Gasteiger partial charge in [-0.1, -0.05) is 136 Å². The van der Waals surface area contributed by atoms with Crippen molar-refractivity contribution in [3.8, 4) is 39.1 Å². The fraction of sp³-hybridized carbons (Fsp3) is 0.314. The Morgan fingerprint density at radius 3 is 1.92 bits per heavy atom. The average molecular weight is 477 g/mol. The van der Waals surface area contributed by atoms with Crippen molar-refractivity contribution in [3.05, 3.63) is 102 Å². The van der Waals surface area contributed by atoms with Gasteiger partial charge >= 0.3 is 0 Å². The molecule has 4 rings (SSSR count). The molecule has 0 aliphatic rings. The highest BCUT2D eigenvalue weighted by Gasteiger charge is 2.18. The van der Waals surface area contributed by atoms with E-state index >= 15 is 0 Å². The molecular formula is C35H40O. The third kappa shape index (κ3) is 6.66. The summed E-state index contributed by atoms with van der Waals surface area (Å²) in [6.45, 7) is 4.44. The van der Waals surface area contributed by atoms with Crippen LogP contribution in [0.2, 0.25) is 0 Å². The molecule has 186 valence electrons. The minimum atomic E-state index is 0.305. The molecule has 36 heavy (non-hydrogen) atoms. The lowest BCUT2D eigenvalue weighted by molar-refractivity contribution is 0.475. The zero-order chi connectivity index (χ0) is 25.2. The van der Waals surface area contributed by atoms with Gasteiger partial charge in [-0.3, -0.25) is 0 Å². The Labute approximate surface area is 217 Å². The van der Waals surface area contributed by atoms with E-state index in [0.29, 0.717) is 5.75 Å². The van der Waals surface area contributed by atoms with Crippen molar-refractivity contribution in [2.75, 3.05) is 0 Å². The van der Waals surface area contributed by atoms with Crippen LogP contribution in [0.3, 0.4) is 0 Å². The van der Waals surface area contributed by atoms with Gasteiger partial charge in [0.2, 0.25) is 0 Å². The predicted octanol–water partition coefficient (Wildman–Crippen LogP) is 10.4. The minimum Gasteiger partial charge on any atom is -0.508 e. The van der Waals surface area contributed by atoms with E-state index in [-0.39, 0.29) is 0 Å². The molecule has 0 bridgehead atoms. The summed E-state index contributed by atoms with van der Waals surface area (Å²) in [5.74, 6) is 0.305. The molecule has 0 amide bonds. The number of hydrogen-bond donors (Lipinski definition) is 1. The van der Waals surface area contributed by atoms with Crippen LogP contribution in [-0.4, -0.2) is 5.11 Å². The Kier molecular flexibility index (Phi) is 9.39. The minimum absolute atomic E-state index is 0.305. The van der Waals surface area contributed by atoms with E-state index in [1.165, 1.54) is 90.3 Å². The number of unbranched alkanes of at least 4 members (excludes halogenated alkanes) is 7. The van der Waals surface area contributed by atoms with Crippen LogP contribution in [0.1, 0.15) is 69.4 Å². The van der Waals surface area contributed by atoms with E-state index in [4.69, 9.17) is 0 Å². The molecule has 1 N–H and O–H groups in total. The number of phenolic OH excluding ortho intramolecular Hbond substituents is 1. The van der Waals surface area contributed by atoms with E-state index in [0.717, 1.165) is 12.0 Å². The Balaban J connectivity index is 1.73. The molecule has 0 spiro atoms. The van der Waals surface area contributed by atoms with Crippen molar-refractivity contribution >= 4 is 0 Å². The standard InChI is InChI=1S/C35H40O/c1-3-4-5-6-7-8-9-11-18-29-22-25-33(28-16-12-10-13-17-28)35(31-19-14-15-27(2)26-31)34(29)30-20-23-32(36)24-21-30/h10,12-17,19-26,36H,3-9,11,18H2,1-2H3. The summed E-state index contributed by atoms with van der Waals surface area (Å²) in [5, 5.41) is 10.0. The van der Waals surface area contributed by atoms with Gasteiger partial charge in [0.15, 0.2) is 0 Å². The van der Waals surface area contributed by atoms with E-state index in [1.807, 2.05) is 12.1 Å². The van der Waals surface area contributed by atoms with E-state index in [1.54, 1.807) is 0 Å². The zero-order valence-corrected chi connectivity index (χ0v) is 22.0. The molecule has 0 fully saturated rings. The van der Waals surface area contributed by atoms with Crippen molar-refractivity contribution in [1.29, 1.82) is 0 Å². The van der Waals surface area contributed by atoms with Gasteiger partial charge in [-0.05, 0) is 70.8 Å². The normalized spacial score (nSPS) is 11.1. The molecule has 0 heterocycles. The number of rotatable bonds is 12. The molecule has 0 radical (unpaired) electrons. The van der Waals surface area contributed by atoms with Crippen LogP contribution in [0.4, 0.5) is 0 Å². The van der Waals surface area contributed by atoms with Crippen LogP contribution in [0.15, 0.2) is 91.0 Å². The van der Waals surface area contributed by atoms with Crippen LogP contribution in [0.25, 0.3) is 33.4 Å². The van der Waals surface area contributed by atoms with Crippen LogP contribution >= 0.6 is 0 Å². The first kappa shape index (κ1) is 25.8. The van der Waals surface area contributed by atoms with E-state index < -0.39 is 0 Å². The van der Waals surface area contributed by atoms with E-state index in [2.05, 4.69) is 92.7 Å².